The van der Waals surface area contributed by atoms with Crippen LogP contribution < -0.4 is 10.7 Å². The first-order valence-electron chi connectivity index (χ1n) is 6.58. The van der Waals surface area contributed by atoms with Crippen LogP contribution in [0.1, 0.15) is 32.1 Å². The van der Waals surface area contributed by atoms with Gasteiger partial charge in [-0.2, -0.15) is 5.10 Å². The summed E-state index contributed by atoms with van der Waals surface area (Å²) in [4.78, 5) is 36.1. The second kappa shape index (κ2) is 6.31. The van der Waals surface area contributed by atoms with Crippen LogP contribution in [0.4, 0.5) is 0 Å². The van der Waals surface area contributed by atoms with Crippen molar-refractivity contribution in [3.8, 4) is 0 Å². The van der Waals surface area contributed by atoms with Gasteiger partial charge in [-0.25, -0.2) is 5.43 Å². The van der Waals surface area contributed by atoms with Crippen LogP contribution in [0.25, 0.3) is 0 Å². The van der Waals surface area contributed by atoms with Crippen LogP contribution >= 0.6 is 0 Å². The first kappa shape index (κ1) is 13.5. The number of amides is 3. The van der Waals surface area contributed by atoms with E-state index in [2.05, 4.69) is 15.8 Å². The molecule has 2 aliphatic heterocycles. The molecule has 2 rings (SSSR count). The Bertz CT molecular complexity index is 413. The molecule has 7 heteroatoms. The monoisotopic (exact) mass is 266 g/mol. The minimum atomic E-state index is -0.311. The number of carbonyl (C=O) groups is 3. The van der Waals surface area contributed by atoms with Crippen molar-refractivity contribution in [3.63, 3.8) is 0 Å². The van der Waals surface area contributed by atoms with Crippen LogP contribution in [-0.2, 0) is 14.4 Å². The van der Waals surface area contributed by atoms with E-state index < -0.39 is 0 Å². The highest BCUT2D eigenvalue weighted by Gasteiger charge is 2.20. The third-order valence-electron chi connectivity index (χ3n) is 3.25. The summed E-state index contributed by atoms with van der Waals surface area (Å²) < 4.78 is 0. The maximum absolute atomic E-state index is 11.7. The van der Waals surface area contributed by atoms with Crippen molar-refractivity contribution in [2.24, 2.45) is 5.10 Å². The number of carbonyl (C=O) groups excluding carboxylic acids is 3. The van der Waals surface area contributed by atoms with Gasteiger partial charge >= 0.3 is 0 Å². The molecule has 2 N–H and O–H groups in total. The van der Waals surface area contributed by atoms with Gasteiger partial charge in [0.15, 0.2) is 0 Å². The minimum Gasteiger partial charge on any atom is -0.350 e. The molecule has 0 atom stereocenters. The average molecular weight is 266 g/mol. The molecular weight excluding hydrogens is 248 g/mol. The van der Waals surface area contributed by atoms with Gasteiger partial charge in [-0.1, -0.05) is 0 Å². The van der Waals surface area contributed by atoms with Crippen LogP contribution in [0.3, 0.4) is 0 Å². The summed E-state index contributed by atoms with van der Waals surface area (Å²) in [5.41, 5.74) is 2.58. The zero-order valence-corrected chi connectivity index (χ0v) is 10.8. The topological polar surface area (TPSA) is 90.9 Å². The largest absolute Gasteiger partial charge is 0.350 e. The van der Waals surface area contributed by atoms with Crippen molar-refractivity contribution in [2.75, 3.05) is 19.6 Å². The highest BCUT2D eigenvalue weighted by Crippen LogP contribution is 2.08. The lowest BCUT2D eigenvalue weighted by atomic mass is 10.1. The fraction of sp³-hybridized carbons (Fsp3) is 0.667. The highest BCUT2D eigenvalue weighted by molar-refractivity contribution is 6.39. The fourth-order valence-electron chi connectivity index (χ4n) is 2.15. The van der Waals surface area contributed by atoms with Crippen molar-refractivity contribution in [3.05, 3.63) is 0 Å². The van der Waals surface area contributed by atoms with E-state index in [9.17, 15) is 14.4 Å². The molecule has 0 spiro atoms. The number of nitrogens with one attached hydrogen (secondary N) is 2. The summed E-state index contributed by atoms with van der Waals surface area (Å²) in [7, 11) is 0. The third-order valence-corrected chi connectivity index (χ3v) is 3.25. The Labute approximate surface area is 111 Å². The van der Waals surface area contributed by atoms with E-state index in [1.807, 2.05) is 4.90 Å². The van der Waals surface area contributed by atoms with Crippen molar-refractivity contribution >= 4 is 23.4 Å². The lowest BCUT2D eigenvalue weighted by Crippen LogP contribution is -2.38. The normalized spacial score (nSPS) is 18.8. The molecule has 1 fully saturated rings. The van der Waals surface area contributed by atoms with Crippen molar-refractivity contribution in [1.29, 1.82) is 0 Å². The van der Waals surface area contributed by atoms with Crippen LogP contribution in [0, 0.1) is 0 Å². The van der Waals surface area contributed by atoms with E-state index in [1.54, 1.807) is 0 Å². The molecule has 7 nitrogen and oxygen atoms in total. The predicted octanol–water partition coefficient (Wildman–Crippen LogP) is -0.619. The van der Waals surface area contributed by atoms with Crippen molar-refractivity contribution in [2.45, 2.75) is 32.1 Å². The summed E-state index contributed by atoms with van der Waals surface area (Å²) in [6.07, 6.45) is 3.06. The lowest BCUT2D eigenvalue weighted by Gasteiger charge is -2.15. The van der Waals surface area contributed by atoms with E-state index in [4.69, 9.17) is 0 Å². The van der Waals surface area contributed by atoms with Crippen molar-refractivity contribution < 1.29 is 14.4 Å². The van der Waals surface area contributed by atoms with E-state index in [0.29, 0.717) is 25.1 Å². The van der Waals surface area contributed by atoms with E-state index in [-0.39, 0.29) is 24.1 Å². The van der Waals surface area contributed by atoms with Gasteiger partial charge in [0.1, 0.15) is 5.71 Å². The lowest BCUT2D eigenvalue weighted by molar-refractivity contribution is -0.130. The van der Waals surface area contributed by atoms with Gasteiger partial charge in [-0.3, -0.25) is 14.4 Å². The molecule has 0 unspecified atom stereocenters. The summed E-state index contributed by atoms with van der Waals surface area (Å²) in [5, 5.41) is 6.35. The Morgan fingerprint density at radius 1 is 1.26 bits per heavy atom. The first-order chi connectivity index (χ1) is 9.16. The molecule has 0 aromatic rings. The molecule has 0 bridgehead atoms. The van der Waals surface area contributed by atoms with Gasteiger partial charge < -0.3 is 10.2 Å². The zero-order chi connectivity index (χ0) is 13.7. The van der Waals surface area contributed by atoms with Gasteiger partial charge in [0, 0.05) is 38.9 Å². The Kier molecular flexibility index (Phi) is 4.48. The number of nitrogens with zero attached hydrogens (tertiary/aromatic N) is 2. The SMILES string of the molecule is O=C1CCC(C(=O)NCCC(=O)N2CCCC2)=NN1. The van der Waals surface area contributed by atoms with Crippen LogP contribution in [-0.4, -0.2) is 48.0 Å². The summed E-state index contributed by atoms with van der Waals surface area (Å²) in [6.45, 7) is 1.96. The molecule has 0 aliphatic carbocycles. The summed E-state index contributed by atoms with van der Waals surface area (Å²) in [6, 6.07) is 0. The second-order valence-electron chi connectivity index (χ2n) is 4.69. The number of hydrazone groups is 1. The molecule has 2 heterocycles. The van der Waals surface area contributed by atoms with Crippen LogP contribution in [0.15, 0.2) is 5.10 Å². The number of hydrogen-bond acceptors (Lipinski definition) is 4. The van der Waals surface area contributed by atoms with E-state index in [0.717, 1.165) is 25.9 Å². The van der Waals surface area contributed by atoms with E-state index >= 15 is 0 Å². The highest BCUT2D eigenvalue weighted by atomic mass is 16.2. The van der Waals surface area contributed by atoms with Gasteiger partial charge in [-0.15, -0.1) is 0 Å². The number of rotatable bonds is 4. The molecule has 19 heavy (non-hydrogen) atoms. The van der Waals surface area contributed by atoms with Gasteiger partial charge in [0.25, 0.3) is 5.91 Å². The summed E-state index contributed by atoms with van der Waals surface area (Å²) in [5.74, 6) is -0.410. The number of likely N-dealkylation sites (tertiary alicyclic amines) is 1. The molecular formula is C12H18N4O3. The maximum Gasteiger partial charge on any atom is 0.267 e. The zero-order valence-electron chi connectivity index (χ0n) is 10.8. The second-order valence-corrected chi connectivity index (χ2v) is 4.69. The Hall–Kier alpha value is -1.92. The molecule has 1 saturated heterocycles. The molecule has 0 radical (unpaired) electrons. The number of hydrogen-bond donors (Lipinski definition) is 2. The smallest absolute Gasteiger partial charge is 0.267 e. The Morgan fingerprint density at radius 3 is 2.63 bits per heavy atom. The van der Waals surface area contributed by atoms with Crippen LogP contribution in [0.5, 0.6) is 0 Å². The first-order valence-corrected chi connectivity index (χ1v) is 6.58. The molecule has 2 aliphatic rings. The van der Waals surface area contributed by atoms with Crippen LogP contribution in [0.2, 0.25) is 0 Å². The van der Waals surface area contributed by atoms with Gasteiger partial charge in [0.05, 0.1) is 0 Å². The van der Waals surface area contributed by atoms with Crippen molar-refractivity contribution in [1.82, 2.24) is 15.6 Å². The minimum absolute atomic E-state index is 0.0803. The molecule has 104 valence electrons. The predicted molar refractivity (Wildman–Crippen MR) is 68.3 cm³/mol. The Morgan fingerprint density at radius 2 is 2.00 bits per heavy atom. The maximum atomic E-state index is 11.7. The summed E-state index contributed by atoms with van der Waals surface area (Å²) >= 11 is 0. The third kappa shape index (κ3) is 3.77. The standard InChI is InChI=1S/C12H18N4O3/c17-10-4-3-9(14-15-10)12(19)13-6-5-11(18)16-7-1-2-8-16/h1-8H2,(H,13,19)(H,15,17). The fourth-order valence-corrected chi connectivity index (χ4v) is 2.15. The molecule has 0 aromatic carbocycles. The Balaban J connectivity index is 1.69. The van der Waals surface area contributed by atoms with E-state index in [1.165, 1.54) is 0 Å². The molecule has 3 amide bonds. The van der Waals surface area contributed by atoms with Gasteiger partial charge in [-0.05, 0) is 12.8 Å². The average Bonchev–Trinajstić information content (AvgIpc) is 2.93. The van der Waals surface area contributed by atoms with Gasteiger partial charge in [0.2, 0.25) is 11.8 Å². The molecule has 0 saturated carbocycles. The molecule has 0 aromatic heterocycles. The quantitative estimate of drug-likeness (QED) is 0.710.